The number of carbonyl (C=O) groups excluding carboxylic acids is 1. The summed E-state index contributed by atoms with van der Waals surface area (Å²) >= 11 is 0. The summed E-state index contributed by atoms with van der Waals surface area (Å²) in [6.07, 6.45) is -0.465. The van der Waals surface area contributed by atoms with Crippen molar-refractivity contribution in [3.8, 4) is 5.75 Å². The molecular formula is C19H21NO3. The highest BCUT2D eigenvalue weighted by molar-refractivity contribution is 5.82. The molecule has 0 fully saturated rings. The second kappa shape index (κ2) is 6.42. The van der Waals surface area contributed by atoms with Crippen LogP contribution in [0, 0.1) is 0 Å². The monoisotopic (exact) mass is 311 g/mol. The standard InChI is InChI=1S/C19H21NO3/c1-13(17-12-15-10-6-7-11-16(15)23-17)20(2)19(22)18(21)14-8-4-3-5-9-14/h3-11,13,17-18,21H,12H2,1-2H3/t13?,17?,18-/m0/s1. The molecule has 3 atom stereocenters. The number of amides is 1. The lowest BCUT2D eigenvalue weighted by Crippen LogP contribution is -2.46. The smallest absolute Gasteiger partial charge is 0.256 e. The van der Waals surface area contributed by atoms with Crippen molar-refractivity contribution < 1.29 is 14.6 Å². The lowest BCUT2D eigenvalue weighted by Gasteiger charge is -2.30. The van der Waals surface area contributed by atoms with Crippen LogP contribution in [-0.2, 0) is 11.2 Å². The number of hydrogen-bond acceptors (Lipinski definition) is 3. The Hall–Kier alpha value is -2.33. The van der Waals surface area contributed by atoms with Crippen LogP contribution >= 0.6 is 0 Å². The zero-order valence-electron chi connectivity index (χ0n) is 13.3. The molecule has 0 saturated heterocycles. The molecule has 1 aliphatic rings. The fourth-order valence-electron chi connectivity index (χ4n) is 2.90. The molecule has 0 aliphatic carbocycles. The van der Waals surface area contributed by atoms with E-state index < -0.39 is 6.10 Å². The predicted octanol–water partition coefficient (Wildman–Crippen LogP) is 2.57. The SMILES string of the molecule is CC(C1Cc2ccccc2O1)N(C)C(=O)[C@@H](O)c1ccccc1. The van der Waals surface area contributed by atoms with E-state index in [4.69, 9.17) is 4.74 Å². The fraction of sp³-hybridized carbons (Fsp3) is 0.316. The summed E-state index contributed by atoms with van der Waals surface area (Å²) in [6.45, 7) is 1.95. The third kappa shape index (κ3) is 3.08. The summed E-state index contributed by atoms with van der Waals surface area (Å²) in [6, 6.07) is 16.8. The van der Waals surface area contributed by atoms with Gasteiger partial charge in [-0.15, -0.1) is 0 Å². The van der Waals surface area contributed by atoms with Crippen molar-refractivity contribution in [2.75, 3.05) is 7.05 Å². The molecule has 2 aromatic rings. The fourth-order valence-corrected chi connectivity index (χ4v) is 2.90. The molecule has 0 spiro atoms. The molecule has 2 unspecified atom stereocenters. The number of fused-ring (bicyclic) bond motifs is 1. The van der Waals surface area contributed by atoms with E-state index in [1.54, 1.807) is 24.1 Å². The Bertz CT molecular complexity index is 661. The van der Waals surface area contributed by atoms with E-state index in [9.17, 15) is 9.90 Å². The van der Waals surface area contributed by atoms with E-state index in [1.807, 2.05) is 49.4 Å². The van der Waals surface area contributed by atoms with Gasteiger partial charge < -0.3 is 14.7 Å². The lowest BCUT2D eigenvalue weighted by molar-refractivity contribution is -0.142. The Morgan fingerprint density at radius 3 is 2.52 bits per heavy atom. The van der Waals surface area contributed by atoms with E-state index in [1.165, 1.54) is 0 Å². The largest absolute Gasteiger partial charge is 0.488 e. The third-order valence-corrected chi connectivity index (χ3v) is 4.52. The van der Waals surface area contributed by atoms with Crippen LogP contribution < -0.4 is 4.74 Å². The molecule has 1 N–H and O–H groups in total. The van der Waals surface area contributed by atoms with Crippen molar-refractivity contribution in [3.63, 3.8) is 0 Å². The number of hydrogen-bond donors (Lipinski definition) is 1. The van der Waals surface area contributed by atoms with Crippen LogP contribution in [0.15, 0.2) is 54.6 Å². The van der Waals surface area contributed by atoms with Gasteiger partial charge in [0.1, 0.15) is 11.9 Å². The van der Waals surface area contributed by atoms with E-state index in [0.29, 0.717) is 5.56 Å². The van der Waals surface area contributed by atoms with Gasteiger partial charge in [0.05, 0.1) is 6.04 Å². The Kier molecular flexibility index (Phi) is 4.35. The Morgan fingerprint density at radius 2 is 1.83 bits per heavy atom. The summed E-state index contributed by atoms with van der Waals surface area (Å²) in [5.41, 5.74) is 1.76. The topological polar surface area (TPSA) is 49.8 Å². The molecule has 0 aromatic heterocycles. The van der Waals surface area contributed by atoms with Crippen molar-refractivity contribution in [1.82, 2.24) is 4.90 Å². The molecule has 4 nitrogen and oxygen atoms in total. The number of likely N-dealkylation sites (N-methyl/N-ethyl adjacent to an activating group) is 1. The van der Waals surface area contributed by atoms with Crippen LogP contribution in [0.2, 0.25) is 0 Å². The van der Waals surface area contributed by atoms with Gasteiger partial charge in [-0.1, -0.05) is 48.5 Å². The van der Waals surface area contributed by atoms with Gasteiger partial charge >= 0.3 is 0 Å². The van der Waals surface area contributed by atoms with E-state index in [-0.39, 0.29) is 18.1 Å². The highest BCUT2D eigenvalue weighted by Crippen LogP contribution is 2.31. The number of benzene rings is 2. The molecule has 0 saturated carbocycles. The number of aliphatic hydroxyl groups excluding tert-OH is 1. The van der Waals surface area contributed by atoms with Gasteiger partial charge in [0.25, 0.3) is 5.91 Å². The van der Waals surface area contributed by atoms with E-state index in [0.717, 1.165) is 17.7 Å². The lowest BCUT2D eigenvalue weighted by atomic mass is 10.0. The molecule has 1 amide bonds. The van der Waals surface area contributed by atoms with Gasteiger partial charge in [-0.05, 0) is 24.1 Å². The van der Waals surface area contributed by atoms with Crippen LogP contribution in [0.5, 0.6) is 5.75 Å². The molecule has 1 aliphatic heterocycles. The molecule has 0 bridgehead atoms. The van der Waals surface area contributed by atoms with Crippen LogP contribution in [0.25, 0.3) is 0 Å². The normalized spacial score (nSPS) is 18.7. The molecule has 0 radical (unpaired) electrons. The van der Waals surface area contributed by atoms with Crippen LogP contribution in [-0.4, -0.2) is 35.1 Å². The quantitative estimate of drug-likeness (QED) is 0.944. The predicted molar refractivity (Wildman–Crippen MR) is 88.2 cm³/mol. The highest BCUT2D eigenvalue weighted by Gasteiger charge is 2.33. The number of para-hydroxylation sites is 1. The van der Waals surface area contributed by atoms with Gasteiger partial charge in [-0.3, -0.25) is 4.79 Å². The number of nitrogens with zero attached hydrogens (tertiary/aromatic N) is 1. The van der Waals surface area contributed by atoms with Gasteiger partial charge in [-0.25, -0.2) is 0 Å². The average molecular weight is 311 g/mol. The van der Waals surface area contributed by atoms with Crippen molar-refractivity contribution in [2.24, 2.45) is 0 Å². The maximum atomic E-state index is 12.5. The van der Waals surface area contributed by atoms with Crippen LogP contribution in [0.1, 0.15) is 24.2 Å². The summed E-state index contributed by atoms with van der Waals surface area (Å²) < 4.78 is 5.95. The van der Waals surface area contributed by atoms with Crippen LogP contribution in [0.3, 0.4) is 0 Å². The van der Waals surface area contributed by atoms with Crippen molar-refractivity contribution >= 4 is 5.91 Å². The molecule has 23 heavy (non-hydrogen) atoms. The Balaban J connectivity index is 1.68. The van der Waals surface area contributed by atoms with Crippen molar-refractivity contribution in [1.29, 1.82) is 0 Å². The average Bonchev–Trinajstić information content (AvgIpc) is 3.04. The highest BCUT2D eigenvalue weighted by atomic mass is 16.5. The number of ether oxygens (including phenoxy) is 1. The van der Waals surface area contributed by atoms with Gasteiger partial charge in [0, 0.05) is 13.5 Å². The molecule has 120 valence electrons. The molecule has 2 aromatic carbocycles. The maximum absolute atomic E-state index is 12.5. The number of aliphatic hydroxyl groups is 1. The van der Waals surface area contributed by atoms with E-state index in [2.05, 4.69) is 0 Å². The second-order valence-corrected chi connectivity index (χ2v) is 5.97. The van der Waals surface area contributed by atoms with Gasteiger partial charge in [-0.2, -0.15) is 0 Å². The molecule has 4 heteroatoms. The number of rotatable bonds is 4. The molecular weight excluding hydrogens is 290 g/mol. The zero-order valence-corrected chi connectivity index (χ0v) is 13.3. The minimum atomic E-state index is -1.15. The summed E-state index contributed by atoms with van der Waals surface area (Å²) in [4.78, 5) is 14.1. The first-order chi connectivity index (χ1) is 11.1. The summed E-state index contributed by atoms with van der Waals surface area (Å²) in [7, 11) is 1.71. The minimum absolute atomic E-state index is 0.0932. The minimum Gasteiger partial charge on any atom is -0.488 e. The first-order valence-electron chi connectivity index (χ1n) is 7.82. The zero-order chi connectivity index (χ0) is 16.4. The first-order valence-corrected chi connectivity index (χ1v) is 7.82. The third-order valence-electron chi connectivity index (χ3n) is 4.52. The Labute approximate surface area is 136 Å². The van der Waals surface area contributed by atoms with Gasteiger partial charge in [0.15, 0.2) is 6.10 Å². The van der Waals surface area contributed by atoms with Crippen molar-refractivity contribution in [2.45, 2.75) is 31.6 Å². The van der Waals surface area contributed by atoms with E-state index >= 15 is 0 Å². The Morgan fingerprint density at radius 1 is 1.17 bits per heavy atom. The maximum Gasteiger partial charge on any atom is 0.256 e. The molecule has 3 rings (SSSR count). The van der Waals surface area contributed by atoms with Gasteiger partial charge in [0.2, 0.25) is 0 Å². The first kappa shape index (κ1) is 15.6. The molecule has 1 heterocycles. The second-order valence-electron chi connectivity index (χ2n) is 5.97. The van der Waals surface area contributed by atoms with Crippen molar-refractivity contribution in [3.05, 3.63) is 65.7 Å². The van der Waals surface area contributed by atoms with Crippen LogP contribution in [0.4, 0.5) is 0 Å². The summed E-state index contributed by atoms with van der Waals surface area (Å²) in [5, 5.41) is 10.3. The summed E-state index contributed by atoms with van der Waals surface area (Å²) in [5.74, 6) is 0.567. The number of carbonyl (C=O) groups is 1.